The summed E-state index contributed by atoms with van der Waals surface area (Å²) in [6.07, 6.45) is 0. The van der Waals surface area contributed by atoms with Crippen LogP contribution in [-0.2, 0) is 10.0 Å². The van der Waals surface area contributed by atoms with Crippen molar-refractivity contribution >= 4 is 15.7 Å². The van der Waals surface area contributed by atoms with Gasteiger partial charge in [0.25, 0.3) is 0 Å². The van der Waals surface area contributed by atoms with Crippen LogP contribution in [-0.4, -0.2) is 15.5 Å². The van der Waals surface area contributed by atoms with Gasteiger partial charge in [-0.3, -0.25) is 0 Å². The summed E-state index contributed by atoms with van der Waals surface area (Å²) in [5.74, 6) is -0.672. The Bertz CT molecular complexity index is 396. The van der Waals surface area contributed by atoms with Crippen molar-refractivity contribution in [3.63, 3.8) is 0 Å². The molecule has 6 heteroatoms. The normalized spacial score (nSPS) is 11.5. The van der Waals surface area contributed by atoms with E-state index in [9.17, 15) is 12.8 Å². The van der Waals surface area contributed by atoms with Gasteiger partial charge in [-0.25, -0.2) is 17.5 Å². The summed E-state index contributed by atoms with van der Waals surface area (Å²) in [6, 6.07) is 3.14. The molecule has 0 aliphatic heterocycles. The third-order valence-corrected chi connectivity index (χ3v) is 2.87. The van der Waals surface area contributed by atoms with E-state index in [0.29, 0.717) is 0 Å². The molecule has 0 saturated carbocycles. The summed E-state index contributed by atoms with van der Waals surface area (Å²) in [4.78, 5) is -0.174. The fourth-order valence-corrected chi connectivity index (χ4v) is 1.65. The summed E-state index contributed by atoms with van der Waals surface area (Å²) in [7, 11) is -2.37. The van der Waals surface area contributed by atoms with E-state index in [4.69, 9.17) is 5.73 Å². The predicted octanol–water partition coefficient (Wildman–Crippen LogP) is 0.316. The van der Waals surface area contributed by atoms with Crippen LogP contribution in [0.25, 0.3) is 0 Å². The molecule has 0 heterocycles. The minimum Gasteiger partial charge on any atom is -0.399 e. The first-order chi connectivity index (χ1) is 5.95. The Hall–Kier alpha value is -1.14. The van der Waals surface area contributed by atoms with Crippen molar-refractivity contribution in [1.82, 2.24) is 4.72 Å². The van der Waals surface area contributed by atoms with Crippen LogP contribution < -0.4 is 10.5 Å². The highest BCUT2D eigenvalue weighted by molar-refractivity contribution is 7.89. The van der Waals surface area contributed by atoms with Gasteiger partial charge >= 0.3 is 0 Å². The Labute approximate surface area is 75.6 Å². The molecule has 3 N–H and O–H groups in total. The second-order valence-corrected chi connectivity index (χ2v) is 4.31. The molecule has 0 spiro atoms. The molecule has 0 aliphatic carbocycles. The Kier molecular flexibility index (Phi) is 2.53. The lowest BCUT2D eigenvalue weighted by atomic mass is 10.3. The van der Waals surface area contributed by atoms with Crippen molar-refractivity contribution in [2.45, 2.75) is 4.90 Å². The first kappa shape index (κ1) is 9.94. The summed E-state index contributed by atoms with van der Waals surface area (Å²) in [5, 5.41) is 0. The van der Waals surface area contributed by atoms with Crippen molar-refractivity contribution < 1.29 is 12.8 Å². The fourth-order valence-electron chi connectivity index (χ4n) is 0.857. The Morgan fingerprint density at radius 1 is 1.38 bits per heavy atom. The van der Waals surface area contributed by atoms with Crippen molar-refractivity contribution in [2.24, 2.45) is 0 Å². The number of halogens is 1. The average molecular weight is 204 g/mol. The standard InChI is InChI=1S/C7H9FN2O2S/c1-10-13(11,12)7-3-5(8)2-6(9)4-7/h2-4,10H,9H2,1H3. The van der Waals surface area contributed by atoms with E-state index in [1.807, 2.05) is 0 Å². The first-order valence-corrected chi connectivity index (χ1v) is 4.93. The molecule has 0 saturated heterocycles. The lowest BCUT2D eigenvalue weighted by Gasteiger charge is -2.03. The third kappa shape index (κ3) is 2.16. The molecule has 0 atom stereocenters. The molecule has 0 unspecified atom stereocenters. The van der Waals surface area contributed by atoms with Crippen LogP contribution in [0.15, 0.2) is 23.1 Å². The van der Waals surface area contributed by atoms with E-state index in [2.05, 4.69) is 4.72 Å². The van der Waals surface area contributed by atoms with E-state index in [-0.39, 0.29) is 10.6 Å². The van der Waals surface area contributed by atoms with Crippen molar-refractivity contribution in [1.29, 1.82) is 0 Å². The molecular formula is C7H9FN2O2S. The molecule has 0 aliphatic rings. The van der Waals surface area contributed by atoms with Gasteiger partial charge in [-0.05, 0) is 25.2 Å². The molecule has 0 aromatic heterocycles. The molecule has 4 nitrogen and oxygen atoms in total. The lowest BCUT2D eigenvalue weighted by molar-refractivity contribution is 0.584. The van der Waals surface area contributed by atoms with E-state index in [1.165, 1.54) is 13.1 Å². The van der Waals surface area contributed by atoms with Crippen molar-refractivity contribution in [3.05, 3.63) is 24.0 Å². The van der Waals surface area contributed by atoms with Crippen molar-refractivity contribution in [2.75, 3.05) is 12.8 Å². The Morgan fingerprint density at radius 3 is 2.46 bits per heavy atom. The van der Waals surface area contributed by atoms with Gasteiger partial charge in [0.15, 0.2) is 0 Å². The van der Waals surface area contributed by atoms with Gasteiger partial charge in [-0.2, -0.15) is 0 Å². The molecule has 1 aromatic rings. The number of sulfonamides is 1. The van der Waals surface area contributed by atoms with Crippen LogP contribution in [0.4, 0.5) is 10.1 Å². The topological polar surface area (TPSA) is 72.2 Å². The summed E-state index contributed by atoms with van der Waals surface area (Å²) >= 11 is 0. The zero-order valence-electron chi connectivity index (χ0n) is 6.91. The van der Waals surface area contributed by atoms with Gasteiger partial charge in [0.2, 0.25) is 10.0 Å². The maximum absolute atomic E-state index is 12.7. The number of nitrogens with one attached hydrogen (secondary N) is 1. The monoisotopic (exact) mass is 204 g/mol. The highest BCUT2D eigenvalue weighted by Gasteiger charge is 2.12. The molecular weight excluding hydrogens is 195 g/mol. The SMILES string of the molecule is CNS(=O)(=O)c1cc(N)cc(F)c1. The van der Waals surface area contributed by atoms with E-state index in [1.54, 1.807) is 0 Å². The van der Waals surface area contributed by atoms with Gasteiger partial charge in [0.1, 0.15) is 5.82 Å². The van der Waals surface area contributed by atoms with Gasteiger partial charge in [-0.15, -0.1) is 0 Å². The van der Waals surface area contributed by atoms with Gasteiger partial charge < -0.3 is 5.73 Å². The second kappa shape index (κ2) is 3.31. The van der Waals surface area contributed by atoms with Crippen LogP contribution in [0, 0.1) is 5.82 Å². The van der Waals surface area contributed by atoms with Crippen LogP contribution in [0.2, 0.25) is 0 Å². The quantitative estimate of drug-likeness (QED) is 0.681. The molecule has 0 bridgehead atoms. The smallest absolute Gasteiger partial charge is 0.240 e. The molecule has 1 aromatic carbocycles. The summed E-state index contributed by atoms with van der Waals surface area (Å²) in [6.45, 7) is 0. The molecule has 13 heavy (non-hydrogen) atoms. The van der Waals surface area contributed by atoms with Crippen molar-refractivity contribution in [3.8, 4) is 0 Å². The molecule has 0 radical (unpaired) electrons. The number of hydrogen-bond donors (Lipinski definition) is 2. The number of hydrogen-bond acceptors (Lipinski definition) is 3. The highest BCUT2D eigenvalue weighted by atomic mass is 32.2. The number of nitrogen functional groups attached to an aromatic ring is 1. The summed E-state index contributed by atoms with van der Waals surface area (Å²) in [5.41, 5.74) is 5.36. The van der Waals surface area contributed by atoms with Gasteiger partial charge in [0, 0.05) is 5.69 Å². The van der Waals surface area contributed by atoms with Gasteiger partial charge in [0.05, 0.1) is 4.90 Å². The number of rotatable bonds is 2. The average Bonchev–Trinajstić information content (AvgIpc) is 2.02. The number of anilines is 1. The first-order valence-electron chi connectivity index (χ1n) is 3.45. The highest BCUT2D eigenvalue weighted by Crippen LogP contribution is 2.14. The molecule has 0 fully saturated rings. The maximum atomic E-state index is 12.7. The summed E-state index contributed by atoms with van der Waals surface area (Å²) < 4.78 is 37.1. The Balaban J connectivity index is 3.32. The lowest BCUT2D eigenvalue weighted by Crippen LogP contribution is -2.18. The molecule has 0 amide bonds. The van der Waals surface area contributed by atoms with Crippen LogP contribution >= 0.6 is 0 Å². The van der Waals surface area contributed by atoms with Crippen LogP contribution in [0.3, 0.4) is 0 Å². The van der Waals surface area contributed by atoms with E-state index in [0.717, 1.165) is 12.1 Å². The minimum atomic E-state index is -3.61. The minimum absolute atomic E-state index is 0.0776. The van der Waals surface area contributed by atoms with Crippen LogP contribution in [0.1, 0.15) is 0 Å². The zero-order chi connectivity index (χ0) is 10.1. The largest absolute Gasteiger partial charge is 0.399 e. The molecule has 72 valence electrons. The van der Waals surface area contributed by atoms with E-state index < -0.39 is 15.8 Å². The zero-order valence-corrected chi connectivity index (χ0v) is 7.73. The fraction of sp³-hybridized carbons (Fsp3) is 0.143. The van der Waals surface area contributed by atoms with Gasteiger partial charge in [-0.1, -0.05) is 0 Å². The van der Waals surface area contributed by atoms with E-state index >= 15 is 0 Å². The maximum Gasteiger partial charge on any atom is 0.240 e. The second-order valence-electron chi connectivity index (χ2n) is 2.43. The predicted molar refractivity (Wildman–Crippen MR) is 47.1 cm³/mol. The molecule has 1 rings (SSSR count). The third-order valence-electron chi connectivity index (χ3n) is 1.47. The Morgan fingerprint density at radius 2 is 2.00 bits per heavy atom. The number of nitrogens with two attached hydrogens (primary N) is 1. The van der Waals surface area contributed by atoms with Crippen LogP contribution in [0.5, 0.6) is 0 Å². The number of benzene rings is 1.